The van der Waals surface area contributed by atoms with Crippen LogP contribution in [0.25, 0.3) is 0 Å². The summed E-state index contributed by atoms with van der Waals surface area (Å²) in [4.78, 5) is 10.8. The second-order valence-electron chi connectivity index (χ2n) is 7.45. The van der Waals surface area contributed by atoms with Gasteiger partial charge < -0.3 is 28.8 Å². The lowest BCUT2D eigenvalue weighted by Gasteiger charge is -2.14. The van der Waals surface area contributed by atoms with Crippen molar-refractivity contribution >= 4 is 51.2 Å². The molecule has 0 aromatic heterocycles. The molecule has 0 aliphatic heterocycles. The van der Waals surface area contributed by atoms with E-state index in [1.165, 1.54) is 0 Å². The second kappa shape index (κ2) is 15.7. The topological polar surface area (TPSA) is 83.5 Å². The second-order valence-corrected chi connectivity index (χ2v) is 9.78. The van der Waals surface area contributed by atoms with Gasteiger partial charge in [-0.25, -0.2) is 0 Å². The number of rotatable bonds is 16. The summed E-state index contributed by atoms with van der Waals surface area (Å²) in [5.41, 5.74) is 0.984. The highest BCUT2D eigenvalue weighted by molar-refractivity contribution is 14.1. The molecule has 7 nitrogen and oxygen atoms in total. The number of halogens is 2. The highest BCUT2D eigenvalue weighted by Gasteiger charge is 2.11. The number of aryl methyl sites for hydroxylation is 1. The first-order chi connectivity index (χ1) is 15.9. The molecular formula is C24H30I2O7. The van der Waals surface area contributed by atoms with E-state index >= 15 is 0 Å². The molecule has 0 aliphatic rings. The molecule has 0 amide bonds. The van der Waals surface area contributed by atoms with Crippen LogP contribution >= 0.6 is 45.2 Å². The first-order valence-corrected chi connectivity index (χ1v) is 12.8. The monoisotopic (exact) mass is 684 g/mol. The van der Waals surface area contributed by atoms with E-state index in [1.54, 1.807) is 7.11 Å². The van der Waals surface area contributed by atoms with Crippen molar-refractivity contribution in [1.82, 2.24) is 0 Å². The van der Waals surface area contributed by atoms with Gasteiger partial charge in [0.15, 0.2) is 5.75 Å². The van der Waals surface area contributed by atoms with Crippen LogP contribution in [-0.2, 0) is 25.4 Å². The van der Waals surface area contributed by atoms with E-state index in [1.807, 2.05) is 36.4 Å². The number of aliphatic carboxylic acids is 1. The fourth-order valence-electron chi connectivity index (χ4n) is 2.81. The van der Waals surface area contributed by atoms with Gasteiger partial charge in [0.05, 0.1) is 40.2 Å². The number of carbonyl (C=O) groups is 1. The minimum absolute atomic E-state index is 0.112. The van der Waals surface area contributed by atoms with Crippen LogP contribution in [0.15, 0.2) is 36.4 Å². The molecule has 0 aliphatic carbocycles. The van der Waals surface area contributed by atoms with Gasteiger partial charge in [0, 0.05) is 19.4 Å². The van der Waals surface area contributed by atoms with Crippen molar-refractivity contribution < 1.29 is 33.6 Å². The molecule has 0 spiro atoms. The summed E-state index contributed by atoms with van der Waals surface area (Å²) >= 11 is 4.43. The zero-order valence-corrected chi connectivity index (χ0v) is 23.2. The zero-order valence-electron chi connectivity index (χ0n) is 18.9. The van der Waals surface area contributed by atoms with E-state index in [-0.39, 0.29) is 6.42 Å². The Morgan fingerprint density at radius 1 is 0.939 bits per heavy atom. The maximum absolute atomic E-state index is 10.8. The zero-order chi connectivity index (χ0) is 24.1. The smallest absolute Gasteiger partial charge is 0.303 e. The molecule has 1 atom stereocenters. The molecule has 0 radical (unpaired) electrons. The van der Waals surface area contributed by atoms with Crippen molar-refractivity contribution in [3.63, 3.8) is 0 Å². The molecule has 0 saturated heterocycles. The molecule has 2 rings (SSSR count). The van der Waals surface area contributed by atoms with Crippen molar-refractivity contribution in [2.24, 2.45) is 5.92 Å². The predicted molar refractivity (Wildman–Crippen MR) is 143 cm³/mol. The summed E-state index contributed by atoms with van der Waals surface area (Å²) in [7, 11) is 1.66. The van der Waals surface area contributed by atoms with Crippen molar-refractivity contribution in [3.05, 3.63) is 49.1 Å². The SMILES string of the molecule is COCCOC[C@@H](C)COCCOc1ccc(Oc2c(I)cc(CCC(=O)O)cc2I)cc1. The highest BCUT2D eigenvalue weighted by atomic mass is 127. The quantitative estimate of drug-likeness (QED) is 0.188. The van der Waals surface area contributed by atoms with Gasteiger partial charge >= 0.3 is 5.97 Å². The number of carboxylic acids is 1. The van der Waals surface area contributed by atoms with Gasteiger partial charge in [0.2, 0.25) is 0 Å². The summed E-state index contributed by atoms with van der Waals surface area (Å²) in [6.07, 6.45) is 0.611. The highest BCUT2D eigenvalue weighted by Crippen LogP contribution is 2.33. The normalized spacial score (nSPS) is 11.9. The molecular weight excluding hydrogens is 654 g/mol. The maximum atomic E-state index is 10.8. The Hall–Kier alpha value is -1.15. The van der Waals surface area contributed by atoms with Crippen LogP contribution in [0.2, 0.25) is 0 Å². The third kappa shape index (κ3) is 11.2. The van der Waals surface area contributed by atoms with Gasteiger partial charge in [-0.1, -0.05) is 6.92 Å². The molecule has 182 valence electrons. The summed E-state index contributed by atoms with van der Waals surface area (Å²) in [6, 6.07) is 11.4. The van der Waals surface area contributed by atoms with Gasteiger partial charge in [0.1, 0.15) is 18.1 Å². The van der Waals surface area contributed by atoms with E-state index in [9.17, 15) is 4.79 Å². The molecule has 0 saturated carbocycles. The van der Waals surface area contributed by atoms with E-state index in [2.05, 4.69) is 52.1 Å². The Balaban J connectivity index is 1.74. The molecule has 9 heteroatoms. The molecule has 0 bridgehead atoms. The van der Waals surface area contributed by atoms with Gasteiger partial charge in [-0.3, -0.25) is 4.79 Å². The van der Waals surface area contributed by atoms with Crippen LogP contribution in [0, 0.1) is 13.1 Å². The number of methoxy groups -OCH3 is 1. The predicted octanol–water partition coefficient (Wildman–Crippen LogP) is 5.40. The number of hydrogen-bond acceptors (Lipinski definition) is 6. The van der Waals surface area contributed by atoms with Gasteiger partial charge in [-0.2, -0.15) is 0 Å². The van der Waals surface area contributed by atoms with Gasteiger partial charge in [-0.05, 0) is 93.6 Å². The van der Waals surface area contributed by atoms with Crippen molar-refractivity contribution in [2.45, 2.75) is 19.8 Å². The van der Waals surface area contributed by atoms with Crippen LogP contribution in [0.4, 0.5) is 0 Å². The standard InChI is InChI=1S/C24H30I2O7/c1-17(15-30-10-9-29-2)16-31-11-12-32-19-4-6-20(7-5-19)33-24-21(25)13-18(14-22(24)26)3-8-23(27)28/h4-7,13-14,17H,3,8-12,15-16H2,1-2H3,(H,27,28)/t17-/m1/s1. The molecule has 0 unspecified atom stereocenters. The first kappa shape index (κ1) is 28.1. The van der Waals surface area contributed by atoms with E-state index in [0.717, 1.165) is 24.2 Å². The van der Waals surface area contributed by atoms with Gasteiger partial charge in [0.25, 0.3) is 0 Å². The lowest BCUT2D eigenvalue weighted by atomic mass is 10.1. The van der Waals surface area contributed by atoms with E-state index in [0.29, 0.717) is 57.7 Å². The average molecular weight is 684 g/mol. The molecule has 0 heterocycles. The third-order valence-electron chi connectivity index (χ3n) is 4.46. The Bertz CT molecular complexity index is 835. The first-order valence-electron chi connectivity index (χ1n) is 10.6. The van der Waals surface area contributed by atoms with E-state index in [4.69, 9.17) is 28.8 Å². The largest absolute Gasteiger partial charge is 0.491 e. The lowest BCUT2D eigenvalue weighted by Crippen LogP contribution is -2.17. The van der Waals surface area contributed by atoms with Crippen molar-refractivity contribution in [2.75, 3.05) is 46.8 Å². The molecule has 33 heavy (non-hydrogen) atoms. The van der Waals surface area contributed by atoms with Crippen LogP contribution in [0.1, 0.15) is 18.9 Å². The van der Waals surface area contributed by atoms with Crippen LogP contribution in [0.5, 0.6) is 17.2 Å². The number of ether oxygens (including phenoxy) is 5. The van der Waals surface area contributed by atoms with Crippen LogP contribution in [0.3, 0.4) is 0 Å². The maximum Gasteiger partial charge on any atom is 0.303 e. The Labute approximate surface area is 222 Å². The average Bonchev–Trinajstić information content (AvgIpc) is 2.78. The minimum Gasteiger partial charge on any atom is -0.491 e. The summed E-state index contributed by atoms with van der Waals surface area (Å²) in [5, 5.41) is 8.88. The fourth-order valence-corrected chi connectivity index (χ4v) is 4.92. The molecule has 2 aromatic carbocycles. The van der Waals surface area contributed by atoms with Gasteiger partial charge in [-0.15, -0.1) is 0 Å². The summed E-state index contributed by atoms with van der Waals surface area (Å²) in [5.74, 6) is 1.73. The van der Waals surface area contributed by atoms with Crippen LogP contribution < -0.4 is 9.47 Å². The summed E-state index contributed by atoms with van der Waals surface area (Å²) in [6.45, 7) is 5.52. The molecule has 0 fully saturated rings. The Kier molecular flexibility index (Phi) is 13.4. The Morgan fingerprint density at radius 3 is 2.09 bits per heavy atom. The molecule has 2 aromatic rings. The van der Waals surface area contributed by atoms with Crippen molar-refractivity contribution in [3.8, 4) is 17.2 Å². The Morgan fingerprint density at radius 2 is 1.52 bits per heavy atom. The number of benzene rings is 2. The minimum atomic E-state index is -0.799. The fraction of sp³-hybridized carbons (Fsp3) is 0.458. The lowest BCUT2D eigenvalue weighted by molar-refractivity contribution is -0.136. The van der Waals surface area contributed by atoms with Crippen LogP contribution in [-0.4, -0.2) is 57.8 Å². The van der Waals surface area contributed by atoms with E-state index < -0.39 is 5.97 Å². The number of hydrogen-bond donors (Lipinski definition) is 1. The number of carboxylic acid groups (broad SMARTS) is 1. The van der Waals surface area contributed by atoms with Crippen molar-refractivity contribution in [1.29, 1.82) is 0 Å². The third-order valence-corrected chi connectivity index (χ3v) is 6.06. The summed E-state index contributed by atoms with van der Waals surface area (Å²) < 4.78 is 29.8. The molecule has 1 N–H and O–H groups in total.